The molecule has 0 aromatic carbocycles. The summed E-state index contributed by atoms with van der Waals surface area (Å²) in [6, 6.07) is 0. The Labute approximate surface area is 120 Å². The molecule has 0 radical (unpaired) electrons. The Balaban J connectivity index is 1.87. The number of aromatic amines is 1. The highest BCUT2D eigenvalue weighted by atomic mass is 32.1. The minimum Gasteiger partial charge on any atom is -0.408 e. The number of hydrogen-bond donors (Lipinski definition) is 1. The molecule has 0 amide bonds. The lowest BCUT2D eigenvalue weighted by Gasteiger charge is -2.11. The number of nitrogens with one attached hydrogen (secondary N) is 1. The molecule has 3 heterocycles. The monoisotopic (exact) mass is 296 g/mol. The lowest BCUT2D eigenvalue weighted by molar-refractivity contribution is 0.330. The van der Waals surface area contributed by atoms with Crippen molar-refractivity contribution in [2.24, 2.45) is 0 Å². The van der Waals surface area contributed by atoms with Crippen molar-refractivity contribution < 1.29 is 4.42 Å². The zero-order chi connectivity index (χ0) is 13.2. The van der Waals surface area contributed by atoms with Gasteiger partial charge in [-0.05, 0) is 44.6 Å². The summed E-state index contributed by atoms with van der Waals surface area (Å²) in [5.41, 5.74) is 1.05. The van der Waals surface area contributed by atoms with E-state index >= 15 is 0 Å². The summed E-state index contributed by atoms with van der Waals surface area (Å²) in [4.78, 5) is 8.47. The van der Waals surface area contributed by atoms with Gasteiger partial charge in [0.2, 0.25) is 0 Å². The fourth-order valence-electron chi connectivity index (χ4n) is 2.33. The van der Waals surface area contributed by atoms with Crippen LogP contribution in [0.15, 0.2) is 4.42 Å². The van der Waals surface area contributed by atoms with Crippen LogP contribution in [0, 0.1) is 4.84 Å². The fraction of sp³-hybridized carbons (Fsp3) is 0.583. The average Bonchev–Trinajstić information content (AvgIpc) is 3.10. The first-order valence-electron chi connectivity index (χ1n) is 6.53. The second-order valence-electron chi connectivity index (χ2n) is 4.64. The Hall–Kier alpha value is -1.05. The number of nitrogens with zero attached hydrogens (tertiary/aromatic N) is 3. The maximum absolute atomic E-state index is 5.40. The third-order valence-corrected chi connectivity index (χ3v) is 4.51. The SMILES string of the molecule is CCc1nc(CN2CCCC2)sc1-c1n[nH]c(=S)o1. The summed E-state index contributed by atoms with van der Waals surface area (Å²) in [5.74, 6) is 0.562. The van der Waals surface area contributed by atoms with Crippen molar-refractivity contribution in [3.05, 3.63) is 15.5 Å². The topological polar surface area (TPSA) is 58.0 Å². The van der Waals surface area contributed by atoms with Crippen molar-refractivity contribution in [3.63, 3.8) is 0 Å². The molecule has 1 aliphatic rings. The lowest BCUT2D eigenvalue weighted by atomic mass is 10.3. The molecule has 0 spiro atoms. The third kappa shape index (κ3) is 2.77. The van der Waals surface area contributed by atoms with Crippen LogP contribution in [0.25, 0.3) is 10.8 Å². The summed E-state index contributed by atoms with van der Waals surface area (Å²) >= 11 is 6.59. The first-order chi connectivity index (χ1) is 9.26. The number of likely N-dealkylation sites (tertiary alicyclic amines) is 1. The molecule has 5 nitrogen and oxygen atoms in total. The number of hydrogen-bond acceptors (Lipinski definition) is 6. The summed E-state index contributed by atoms with van der Waals surface area (Å²) in [7, 11) is 0. The molecule has 0 saturated carbocycles. The molecule has 1 N–H and O–H groups in total. The molecule has 1 saturated heterocycles. The van der Waals surface area contributed by atoms with Gasteiger partial charge in [0.15, 0.2) is 0 Å². The number of thiazole rings is 1. The van der Waals surface area contributed by atoms with E-state index in [1.54, 1.807) is 11.3 Å². The van der Waals surface area contributed by atoms with Crippen molar-refractivity contribution in [1.82, 2.24) is 20.1 Å². The van der Waals surface area contributed by atoms with Crippen LogP contribution in [0.3, 0.4) is 0 Å². The van der Waals surface area contributed by atoms with Gasteiger partial charge in [-0.25, -0.2) is 10.1 Å². The van der Waals surface area contributed by atoms with Crippen molar-refractivity contribution in [2.45, 2.75) is 32.7 Å². The summed E-state index contributed by atoms with van der Waals surface area (Å²) in [6.45, 7) is 5.39. The predicted octanol–water partition coefficient (Wildman–Crippen LogP) is 3.01. The van der Waals surface area contributed by atoms with E-state index < -0.39 is 0 Å². The van der Waals surface area contributed by atoms with Gasteiger partial charge in [-0.1, -0.05) is 6.92 Å². The van der Waals surface area contributed by atoms with Gasteiger partial charge in [0, 0.05) is 0 Å². The third-order valence-electron chi connectivity index (χ3n) is 3.27. The number of aromatic nitrogens is 3. The van der Waals surface area contributed by atoms with Crippen LogP contribution in [0.5, 0.6) is 0 Å². The molecule has 102 valence electrons. The van der Waals surface area contributed by atoms with Crippen LogP contribution in [-0.2, 0) is 13.0 Å². The van der Waals surface area contributed by atoms with Crippen LogP contribution in [0.4, 0.5) is 0 Å². The van der Waals surface area contributed by atoms with Crippen LogP contribution < -0.4 is 0 Å². The van der Waals surface area contributed by atoms with E-state index in [0.717, 1.165) is 28.5 Å². The molecular weight excluding hydrogens is 280 g/mol. The lowest BCUT2D eigenvalue weighted by Crippen LogP contribution is -2.18. The Bertz CT molecular complexity index is 609. The first-order valence-corrected chi connectivity index (χ1v) is 7.75. The summed E-state index contributed by atoms with van der Waals surface area (Å²) in [5, 5.41) is 7.91. The van der Waals surface area contributed by atoms with E-state index in [1.807, 2.05) is 0 Å². The van der Waals surface area contributed by atoms with E-state index in [4.69, 9.17) is 21.6 Å². The zero-order valence-electron chi connectivity index (χ0n) is 10.8. The largest absolute Gasteiger partial charge is 0.408 e. The summed E-state index contributed by atoms with van der Waals surface area (Å²) in [6.07, 6.45) is 3.47. The molecule has 3 rings (SSSR count). The maximum Gasteiger partial charge on any atom is 0.284 e. The minimum absolute atomic E-state index is 0.312. The Kier molecular flexibility index (Phi) is 3.76. The van der Waals surface area contributed by atoms with Gasteiger partial charge in [-0.2, -0.15) is 0 Å². The van der Waals surface area contributed by atoms with Gasteiger partial charge in [0.1, 0.15) is 9.88 Å². The van der Waals surface area contributed by atoms with E-state index in [9.17, 15) is 0 Å². The molecule has 0 unspecified atom stereocenters. The van der Waals surface area contributed by atoms with Crippen molar-refractivity contribution in [3.8, 4) is 10.8 Å². The van der Waals surface area contributed by atoms with E-state index in [1.165, 1.54) is 25.9 Å². The Morgan fingerprint density at radius 2 is 2.21 bits per heavy atom. The van der Waals surface area contributed by atoms with Gasteiger partial charge >= 0.3 is 0 Å². The van der Waals surface area contributed by atoms with Crippen LogP contribution >= 0.6 is 23.6 Å². The highest BCUT2D eigenvalue weighted by Gasteiger charge is 2.19. The van der Waals surface area contributed by atoms with Gasteiger partial charge in [0.05, 0.1) is 12.2 Å². The highest BCUT2D eigenvalue weighted by Crippen LogP contribution is 2.30. The van der Waals surface area contributed by atoms with Gasteiger partial charge < -0.3 is 4.42 Å². The molecule has 1 aliphatic heterocycles. The molecule has 19 heavy (non-hydrogen) atoms. The standard InChI is InChI=1S/C12H16N4OS2/c1-2-8-10(11-14-15-12(18)17-11)19-9(13-8)7-16-5-3-4-6-16/h2-7H2,1H3,(H,15,18). The molecule has 0 aliphatic carbocycles. The molecular formula is C12H16N4OS2. The van der Waals surface area contributed by atoms with Gasteiger partial charge in [0.25, 0.3) is 10.7 Å². The molecule has 1 fully saturated rings. The normalized spacial score (nSPS) is 16.3. The highest BCUT2D eigenvalue weighted by molar-refractivity contribution is 7.71. The van der Waals surface area contributed by atoms with Crippen LogP contribution in [-0.4, -0.2) is 33.2 Å². The smallest absolute Gasteiger partial charge is 0.284 e. The zero-order valence-corrected chi connectivity index (χ0v) is 12.4. The number of H-pyrrole nitrogens is 1. The van der Waals surface area contributed by atoms with Crippen LogP contribution in [0.2, 0.25) is 0 Å². The molecule has 7 heteroatoms. The maximum atomic E-state index is 5.40. The average molecular weight is 296 g/mol. The van der Waals surface area contributed by atoms with Crippen molar-refractivity contribution >= 4 is 23.6 Å². The van der Waals surface area contributed by atoms with Crippen LogP contribution in [0.1, 0.15) is 30.5 Å². The van der Waals surface area contributed by atoms with Gasteiger partial charge in [-0.15, -0.1) is 16.4 Å². The second kappa shape index (κ2) is 5.52. The summed E-state index contributed by atoms with van der Waals surface area (Å²) < 4.78 is 5.40. The molecule has 2 aromatic rings. The van der Waals surface area contributed by atoms with Crippen molar-refractivity contribution in [1.29, 1.82) is 0 Å². The van der Waals surface area contributed by atoms with E-state index in [-0.39, 0.29) is 0 Å². The van der Waals surface area contributed by atoms with Crippen molar-refractivity contribution in [2.75, 3.05) is 13.1 Å². The second-order valence-corrected chi connectivity index (χ2v) is 6.09. The molecule has 0 atom stereocenters. The Morgan fingerprint density at radius 3 is 2.84 bits per heavy atom. The fourth-order valence-corrected chi connectivity index (χ4v) is 3.58. The predicted molar refractivity (Wildman–Crippen MR) is 76.7 cm³/mol. The first kappa shape index (κ1) is 13.0. The quantitative estimate of drug-likeness (QED) is 0.879. The molecule has 0 bridgehead atoms. The van der Waals surface area contributed by atoms with E-state index in [0.29, 0.717) is 10.7 Å². The minimum atomic E-state index is 0.312. The number of rotatable bonds is 4. The molecule has 2 aromatic heterocycles. The van der Waals surface area contributed by atoms with Gasteiger partial charge in [-0.3, -0.25) is 4.90 Å². The van der Waals surface area contributed by atoms with E-state index in [2.05, 4.69) is 22.0 Å². The Morgan fingerprint density at radius 1 is 1.42 bits per heavy atom. The number of aryl methyl sites for hydroxylation is 1.